The number of carbonyl (C=O) groups is 2. The van der Waals surface area contributed by atoms with Crippen LogP contribution in [-0.2, 0) is 24.1 Å². The van der Waals surface area contributed by atoms with E-state index in [1.807, 2.05) is 53.1 Å². The molecule has 0 radical (unpaired) electrons. The van der Waals surface area contributed by atoms with Gasteiger partial charge in [-0.25, -0.2) is 0 Å². The molecule has 3 aromatic rings. The van der Waals surface area contributed by atoms with Gasteiger partial charge in [-0.05, 0) is 54.5 Å². The second-order valence-corrected chi connectivity index (χ2v) is 7.12. The number of carbonyl (C=O) groups excluding carboxylic acids is 2. The molecule has 0 atom stereocenters. The number of pyridine rings is 1. The summed E-state index contributed by atoms with van der Waals surface area (Å²) in [7, 11) is 0. The Morgan fingerprint density at radius 2 is 1.81 bits per heavy atom. The summed E-state index contributed by atoms with van der Waals surface area (Å²) in [6.07, 6.45) is 6.47. The van der Waals surface area contributed by atoms with E-state index in [0.29, 0.717) is 19.4 Å². The Bertz CT molecular complexity index is 973. The summed E-state index contributed by atoms with van der Waals surface area (Å²) in [4.78, 5) is 24.6. The molecule has 1 amide bonds. The number of hydrogen-bond donors (Lipinski definition) is 1. The largest absolute Gasteiger partial charge is 0.356 e. The number of aryl methyl sites for hydroxylation is 1. The van der Waals surface area contributed by atoms with Crippen LogP contribution in [0.5, 0.6) is 0 Å². The molecule has 1 aliphatic rings. The van der Waals surface area contributed by atoms with Crippen LogP contribution in [0, 0.1) is 0 Å². The summed E-state index contributed by atoms with van der Waals surface area (Å²) >= 11 is 0. The average Bonchev–Trinajstić information content (AvgIpc) is 3.02. The minimum atomic E-state index is 0.0762. The van der Waals surface area contributed by atoms with Crippen molar-refractivity contribution >= 4 is 17.2 Å². The molecule has 0 spiro atoms. The summed E-state index contributed by atoms with van der Waals surface area (Å²) in [5, 5.41) is 3.04. The number of nitrogens with zero attached hydrogens (tertiary/aromatic N) is 1. The van der Waals surface area contributed by atoms with Crippen LogP contribution in [0.4, 0.5) is 0 Å². The Kier molecular flexibility index (Phi) is 5.05. The normalized spacial score (nSPS) is 13.6. The van der Waals surface area contributed by atoms with E-state index in [0.717, 1.165) is 36.9 Å². The Hall–Kier alpha value is -2.88. The van der Waals surface area contributed by atoms with E-state index < -0.39 is 0 Å². The van der Waals surface area contributed by atoms with Gasteiger partial charge in [0, 0.05) is 31.1 Å². The van der Waals surface area contributed by atoms with Crippen molar-refractivity contribution in [1.29, 1.82) is 0 Å². The van der Waals surface area contributed by atoms with E-state index in [1.54, 1.807) is 0 Å². The highest BCUT2D eigenvalue weighted by Crippen LogP contribution is 2.30. The van der Waals surface area contributed by atoms with Gasteiger partial charge in [0.05, 0.1) is 5.69 Å². The van der Waals surface area contributed by atoms with Crippen molar-refractivity contribution in [2.24, 2.45) is 0 Å². The second-order valence-electron chi connectivity index (χ2n) is 7.12. The zero-order valence-electron chi connectivity index (χ0n) is 15.4. The van der Waals surface area contributed by atoms with E-state index in [9.17, 15) is 9.59 Å². The number of ketones is 1. The predicted octanol–water partition coefficient (Wildman–Crippen LogP) is 3.75. The fourth-order valence-electron chi connectivity index (χ4n) is 4.04. The standard InChI is InChI=1S/C23H24N2O2/c26-21-11-6-9-19-18(20-10-4-5-16-25(20)23(19)21)14-15-24-22(27)13-12-17-7-2-1-3-8-17/h1-5,7-8,10,16H,6,9,11-15H2,(H,24,27). The molecule has 0 bridgehead atoms. The van der Waals surface area contributed by atoms with Gasteiger partial charge >= 0.3 is 0 Å². The van der Waals surface area contributed by atoms with Crippen molar-refractivity contribution in [3.05, 3.63) is 77.1 Å². The number of nitrogens with one attached hydrogen (secondary N) is 1. The topological polar surface area (TPSA) is 50.6 Å². The molecule has 2 heterocycles. The molecule has 4 rings (SSSR count). The van der Waals surface area contributed by atoms with Gasteiger partial charge in [0.2, 0.25) is 5.91 Å². The molecule has 138 valence electrons. The first-order valence-electron chi connectivity index (χ1n) is 9.68. The third-order valence-electron chi connectivity index (χ3n) is 5.34. The van der Waals surface area contributed by atoms with Crippen molar-refractivity contribution < 1.29 is 9.59 Å². The number of benzene rings is 1. The zero-order chi connectivity index (χ0) is 18.6. The van der Waals surface area contributed by atoms with Crippen LogP contribution in [0.2, 0.25) is 0 Å². The van der Waals surface area contributed by atoms with E-state index in [1.165, 1.54) is 16.7 Å². The van der Waals surface area contributed by atoms with Crippen molar-refractivity contribution in [2.45, 2.75) is 38.5 Å². The minimum absolute atomic E-state index is 0.0762. The molecule has 2 aromatic heterocycles. The van der Waals surface area contributed by atoms with Gasteiger partial charge in [0.15, 0.2) is 5.78 Å². The molecule has 1 aliphatic carbocycles. The molecular formula is C23H24N2O2. The highest BCUT2D eigenvalue weighted by atomic mass is 16.1. The summed E-state index contributed by atoms with van der Waals surface area (Å²) in [6, 6.07) is 16.1. The Morgan fingerprint density at radius 1 is 1.00 bits per heavy atom. The van der Waals surface area contributed by atoms with Gasteiger partial charge in [0.1, 0.15) is 0 Å². The molecule has 0 saturated carbocycles. The maximum absolute atomic E-state index is 12.4. The third-order valence-corrected chi connectivity index (χ3v) is 5.34. The fourth-order valence-corrected chi connectivity index (χ4v) is 4.04. The van der Waals surface area contributed by atoms with Crippen molar-refractivity contribution in [2.75, 3.05) is 6.54 Å². The maximum atomic E-state index is 12.4. The quantitative estimate of drug-likeness (QED) is 0.728. The zero-order valence-corrected chi connectivity index (χ0v) is 15.4. The fraction of sp³-hybridized carbons (Fsp3) is 0.304. The van der Waals surface area contributed by atoms with Crippen LogP contribution in [0.3, 0.4) is 0 Å². The molecular weight excluding hydrogens is 336 g/mol. The van der Waals surface area contributed by atoms with Crippen molar-refractivity contribution in [1.82, 2.24) is 9.72 Å². The molecule has 4 nitrogen and oxygen atoms in total. The Labute approximate surface area is 159 Å². The SMILES string of the molecule is O=C(CCc1ccccc1)NCCc1c2c(n3ccccc13)C(=O)CCC2. The summed E-state index contributed by atoms with van der Waals surface area (Å²) in [5.74, 6) is 0.308. The lowest BCUT2D eigenvalue weighted by Gasteiger charge is -2.12. The van der Waals surface area contributed by atoms with Gasteiger partial charge in [-0.2, -0.15) is 0 Å². The molecule has 1 N–H and O–H groups in total. The van der Waals surface area contributed by atoms with E-state index in [-0.39, 0.29) is 11.7 Å². The smallest absolute Gasteiger partial charge is 0.220 e. The van der Waals surface area contributed by atoms with Gasteiger partial charge in [-0.1, -0.05) is 36.4 Å². The van der Waals surface area contributed by atoms with Gasteiger partial charge in [-0.3, -0.25) is 9.59 Å². The van der Waals surface area contributed by atoms with Crippen LogP contribution in [0.25, 0.3) is 5.52 Å². The number of hydrogen-bond acceptors (Lipinski definition) is 2. The predicted molar refractivity (Wildman–Crippen MR) is 106 cm³/mol. The monoisotopic (exact) mass is 360 g/mol. The van der Waals surface area contributed by atoms with Crippen LogP contribution in [0.1, 0.15) is 46.4 Å². The van der Waals surface area contributed by atoms with Gasteiger partial charge in [-0.15, -0.1) is 0 Å². The van der Waals surface area contributed by atoms with Gasteiger partial charge in [0.25, 0.3) is 0 Å². The van der Waals surface area contributed by atoms with Crippen LogP contribution < -0.4 is 5.32 Å². The molecule has 0 aliphatic heterocycles. The molecule has 1 aromatic carbocycles. The Balaban J connectivity index is 1.42. The van der Waals surface area contributed by atoms with Crippen LogP contribution in [0.15, 0.2) is 54.7 Å². The first-order chi connectivity index (χ1) is 13.2. The highest BCUT2D eigenvalue weighted by molar-refractivity contribution is 5.99. The van der Waals surface area contributed by atoms with E-state index in [4.69, 9.17) is 0 Å². The van der Waals surface area contributed by atoms with Crippen LogP contribution >= 0.6 is 0 Å². The van der Waals surface area contributed by atoms with Gasteiger partial charge < -0.3 is 9.72 Å². The first kappa shape index (κ1) is 17.5. The number of aromatic nitrogens is 1. The number of fused-ring (bicyclic) bond motifs is 3. The molecule has 27 heavy (non-hydrogen) atoms. The lowest BCUT2D eigenvalue weighted by atomic mass is 9.92. The Morgan fingerprint density at radius 3 is 2.67 bits per heavy atom. The molecule has 4 heteroatoms. The second kappa shape index (κ2) is 7.78. The van der Waals surface area contributed by atoms with Crippen LogP contribution in [-0.4, -0.2) is 22.6 Å². The third kappa shape index (κ3) is 3.65. The minimum Gasteiger partial charge on any atom is -0.356 e. The summed E-state index contributed by atoms with van der Waals surface area (Å²) in [6.45, 7) is 0.600. The molecule has 0 saturated heterocycles. The number of Topliss-reactive ketones (excluding diaryl/α,β-unsaturated/α-hetero) is 1. The maximum Gasteiger partial charge on any atom is 0.220 e. The average molecular weight is 360 g/mol. The number of rotatable bonds is 6. The molecule has 0 fully saturated rings. The summed E-state index contributed by atoms with van der Waals surface area (Å²) in [5.41, 5.74) is 5.51. The lowest BCUT2D eigenvalue weighted by molar-refractivity contribution is -0.121. The number of amides is 1. The van der Waals surface area contributed by atoms with Crippen molar-refractivity contribution in [3.8, 4) is 0 Å². The highest BCUT2D eigenvalue weighted by Gasteiger charge is 2.25. The van der Waals surface area contributed by atoms with E-state index >= 15 is 0 Å². The molecule has 0 unspecified atom stereocenters. The first-order valence-corrected chi connectivity index (χ1v) is 9.68. The summed E-state index contributed by atoms with van der Waals surface area (Å²) < 4.78 is 2.03. The van der Waals surface area contributed by atoms with Crippen molar-refractivity contribution in [3.63, 3.8) is 0 Å². The van der Waals surface area contributed by atoms with E-state index in [2.05, 4.69) is 11.4 Å². The lowest BCUT2D eigenvalue weighted by Crippen LogP contribution is -2.26.